The van der Waals surface area contributed by atoms with E-state index in [1.165, 1.54) is 6.07 Å². The third kappa shape index (κ3) is 7.03. The molecule has 0 aliphatic carbocycles. The maximum atomic E-state index is 12.9. The molecule has 1 amide bonds. The van der Waals surface area contributed by atoms with Gasteiger partial charge in [-0.3, -0.25) is 4.79 Å². The van der Waals surface area contributed by atoms with Gasteiger partial charge in [0.25, 0.3) is 0 Å². The normalized spacial score (nSPS) is 13.2. The van der Waals surface area contributed by atoms with Gasteiger partial charge in [0.15, 0.2) is 0 Å². The molecule has 0 aliphatic heterocycles. The van der Waals surface area contributed by atoms with Crippen molar-refractivity contribution in [2.24, 2.45) is 5.92 Å². The van der Waals surface area contributed by atoms with Crippen LogP contribution in [0.3, 0.4) is 0 Å². The highest BCUT2D eigenvalue weighted by atomic mass is 19.4. The van der Waals surface area contributed by atoms with E-state index in [9.17, 15) is 18.0 Å². The molecule has 2 N–H and O–H groups in total. The zero-order valence-corrected chi connectivity index (χ0v) is 13.8. The molecular formula is C17H25F3N2O. The molecule has 0 heterocycles. The van der Waals surface area contributed by atoms with E-state index in [2.05, 4.69) is 10.6 Å². The van der Waals surface area contributed by atoms with E-state index in [1.807, 2.05) is 20.9 Å². The van der Waals surface area contributed by atoms with Crippen molar-refractivity contribution in [3.05, 3.63) is 35.4 Å². The lowest BCUT2D eigenvalue weighted by atomic mass is 9.95. The number of hydrogen-bond donors (Lipinski definition) is 2. The summed E-state index contributed by atoms with van der Waals surface area (Å²) in [6.07, 6.45) is -2.73. The van der Waals surface area contributed by atoms with Gasteiger partial charge >= 0.3 is 6.18 Å². The number of amides is 1. The molecular weight excluding hydrogens is 305 g/mol. The Balaban J connectivity index is 2.87. The second kappa shape index (κ2) is 8.91. The van der Waals surface area contributed by atoms with E-state index in [0.29, 0.717) is 24.8 Å². The topological polar surface area (TPSA) is 41.1 Å². The fourth-order valence-corrected chi connectivity index (χ4v) is 2.37. The lowest BCUT2D eigenvalue weighted by Crippen LogP contribution is -2.30. The molecule has 130 valence electrons. The quantitative estimate of drug-likeness (QED) is 0.710. The average Bonchev–Trinajstić information content (AvgIpc) is 2.45. The number of carbonyl (C=O) groups is 1. The van der Waals surface area contributed by atoms with E-state index in [1.54, 1.807) is 6.07 Å². The van der Waals surface area contributed by atoms with Gasteiger partial charge in [0.05, 0.1) is 11.6 Å². The Labute approximate surface area is 135 Å². The monoisotopic (exact) mass is 330 g/mol. The van der Waals surface area contributed by atoms with Crippen molar-refractivity contribution in [3.63, 3.8) is 0 Å². The third-order valence-corrected chi connectivity index (χ3v) is 3.49. The van der Waals surface area contributed by atoms with Gasteiger partial charge in [-0.25, -0.2) is 0 Å². The van der Waals surface area contributed by atoms with Gasteiger partial charge in [-0.15, -0.1) is 0 Å². The summed E-state index contributed by atoms with van der Waals surface area (Å²) in [7, 11) is 1.81. The minimum absolute atomic E-state index is 0.136. The third-order valence-electron chi connectivity index (χ3n) is 3.49. The standard InChI is InChI=1S/C17H25F3N2O/c1-12(2)10-15(22-16(23)8-5-9-21-3)13-6-4-7-14(11-13)17(18,19)20/h4,6-7,11-12,15,21H,5,8-10H2,1-3H3,(H,22,23). The van der Waals surface area contributed by atoms with Gasteiger partial charge in [-0.1, -0.05) is 26.0 Å². The smallest absolute Gasteiger partial charge is 0.349 e. The van der Waals surface area contributed by atoms with Crippen molar-refractivity contribution in [1.82, 2.24) is 10.6 Å². The van der Waals surface area contributed by atoms with Crippen LogP contribution in [0.5, 0.6) is 0 Å². The van der Waals surface area contributed by atoms with Gasteiger partial charge in [0, 0.05) is 6.42 Å². The zero-order valence-electron chi connectivity index (χ0n) is 13.8. The summed E-state index contributed by atoms with van der Waals surface area (Å²) in [5.74, 6) is 0.121. The Kier molecular flexibility index (Phi) is 7.55. The molecule has 3 nitrogen and oxygen atoms in total. The van der Waals surface area contributed by atoms with Crippen molar-refractivity contribution in [2.45, 2.75) is 45.3 Å². The molecule has 0 aliphatic rings. The molecule has 1 unspecified atom stereocenters. The molecule has 1 rings (SSSR count). The summed E-state index contributed by atoms with van der Waals surface area (Å²) in [4.78, 5) is 12.0. The van der Waals surface area contributed by atoms with E-state index in [0.717, 1.165) is 18.7 Å². The van der Waals surface area contributed by atoms with Crippen LogP contribution < -0.4 is 10.6 Å². The highest BCUT2D eigenvalue weighted by molar-refractivity contribution is 5.76. The Bertz CT molecular complexity index is 501. The summed E-state index contributed by atoms with van der Waals surface area (Å²) in [5.41, 5.74) is -0.191. The molecule has 1 atom stereocenters. The molecule has 0 fully saturated rings. The second-order valence-electron chi connectivity index (χ2n) is 6.08. The molecule has 23 heavy (non-hydrogen) atoms. The number of rotatable bonds is 8. The first-order valence-corrected chi connectivity index (χ1v) is 7.85. The SMILES string of the molecule is CNCCCC(=O)NC(CC(C)C)c1cccc(C(F)(F)F)c1. The first-order valence-electron chi connectivity index (χ1n) is 7.85. The van der Waals surface area contributed by atoms with Crippen molar-refractivity contribution in [2.75, 3.05) is 13.6 Å². The molecule has 0 saturated carbocycles. The summed E-state index contributed by atoms with van der Waals surface area (Å²) in [5, 5.41) is 5.83. The Hall–Kier alpha value is -1.56. The van der Waals surface area contributed by atoms with Crippen molar-refractivity contribution < 1.29 is 18.0 Å². The second-order valence-corrected chi connectivity index (χ2v) is 6.08. The fraction of sp³-hybridized carbons (Fsp3) is 0.588. The van der Waals surface area contributed by atoms with E-state index >= 15 is 0 Å². The van der Waals surface area contributed by atoms with E-state index in [-0.39, 0.29) is 11.8 Å². The van der Waals surface area contributed by atoms with Crippen LogP contribution in [0.15, 0.2) is 24.3 Å². The molecule has 1 aromatic rings. The lowest BCUT2D eigenvalue weighted by molar-refractivity contribution is -0.137. The lowest BCUT2D eigenvalue weighted by Gasteiger charge is -2.22. The van der Waals surface area contributed by atoms with Crippen molar-refractivity contribution >= 4 is 5.91 Å². The average molecular weight is 330 g/mol. The van der Waals surface area contributed by atoms with Crippen LogP contribution in [0, 0.1) is 5.92 Å². The maximum absolute atomic E-state index is 12.9. The van der Waals surface area contributed by atoms with Crippen molar-refractivity contribution in [3.8, 4) is 0 Å². The summed E-state index contributed by atoms with van der Waals surface area (Å²) < 4.78 is 38.6. The Morgan fingerprint density at radius 2 is 1.96 bits per heavy atom. The number of alkyl halides is 3. The highest BCUT2D eigenvalue weighted by Gasteiger charge is 2.31. The van der Waals surface area contributed by atoms with E-state index < -0.39 is 17.8 Å². The highest BCUT2D eigenvalue weighted by Crippen LogP contribution is 2.32. The van der Waals surface area contributed by atoms with Crippen LogP contribution in [-0.2, 0) is 11.0 Å². The molecule has 0 aromatic heterocycles. The zero-order chi connectivity index (χ0) is 17.5. The van der Waals surface area contributed by atoms with Crippen molar-refractivity contribution in [1.29, 1.82) is 0 Å². The predicted octanol–water partition coefficient (Wildman–Crippen LogP) is 3.91. The van der Waals surface area contributed by atoms with Crippen LogP contribution in [0.25, 0.3) is 0 Å². The van der Waals surface area contributed by atoms with Crippen LogP contribution in [0.2, 0.25) is 0 Å². The summed E-state index contributed by atoms with van der Waals surface area (Å²) in [6.45, 7) is 4.69. The summed E-state index contributed by atoms with van der Waals surface area (Å²) >= 11 is 0. The molecule has 0 spiro atoms. The predicted molar refractivity (Wildman–Crippen MR) is 84.9 cm³/mol. The molecule has 0 radical (unpaired) electrons. The van der Waals surface area contributed by atoms with Crippen LogP contribution in [0.4, 0.5) is 13.2 Å². The number of benzene rings is 1. The first-order chi connectivity index (χ1) is 10.7. The van der Waals surface area contributed by atoms with Crippen LogP contribution in [0.1, 0.15) is 50.3 Å². The number of carbonyl (C=O) groups excluding carboxylic acids is 1. The number of nitrogens with one attached hydrogen (secondary N) is 2. The Morgan fingerprint density at radius 3 is 2.52 bits per heavy atom. The van der Waals surface area contributed by atoms with Gasteiger partial charge in [-0.2, -0.15) is 13.2 Å². The minimum atomic E-state index is -4.38. The van der Waals surface area contributed by atoms with Crippen LogP contribution in [-0.4, -0.2) is 19.5 Å². The van der Waals surface area contributed by atoms with Gasteiger partial charge in [-0.05, 0) is 50.0 Å². The molecule has 1 aromatic carbocycles. The van der Waals surface area contributed by atoms with E-state index in [4.69, 9.17) is 0 Å². The number of hydrogen-bond acceptors (Lipinski definition) is 2. The Morgan fingerprint density at radius 1 is 1.26 bits per heavy atom. The van der Waals surface area contributed by atoms with Crippen LogP contribution >= 0.6 is 0 Å². The first kappa shape index (κ1) is 19.5. The summed E-state index contributed by atoms with van der Waals surface area (Å²) in [6, 6.07) is 4.79. The fourth-order valence-electron chi connectivity index (χ4n) is 2.37. The molecule has 0 bridgehead atoms. The molecule has 6 heteroatoms. The minimum Gasteiger partial charge on any atom is -0.349 e. The van der Waals surface area contributed by atoms with Gasteiger partial charge < -0.3 is 10.6 Å². The number of halogens is 3. The van der Waals surface area contributed by atoms with Gasteiger partial charge in [0.1, 0.15) is 0 Å². The molecule has 0 saturated heterocycles. The largest absolute Gasteiger partial charge is 0.416 e. The maximum Gasteiger partial charge on any atom is 0.416 e. The van der Waals surface area contributed by atoms with Gasteiger partial charge in [0.2, 0.25) is 5.91 Å².